The molecule has 21 heavy (non-hydrogen) atoms. The molecule has 0 aromatic carbocycles. The van der Waals surface area contributed by atoms with E-state index in [4.69, 9.17) is 0 Å². The molecule has 1 saturated heterocycles. The average Bonchev–Trinajstić information content (AvgIpc) is 3.41. The lowest BCUT2D eigenvalue weighted by atomic mass is 10.2. The van der Waals surface area contributed by atoms with Gasteiger partial charge in [0.15, 0.2) is 0 Å². The molecule has 0 unspecified atom stereocenters. The fourth-order valence-corrected chi connectivity index (χ4v) is 4.16. The van der Waals surface area contributed by atoms with Crippen LogP contribution in [0.4, 0.5) is 0 Å². The van der Waals surface area contributed by atoms with Crippen LogP contribution < -0.4 is 5.32 Å². The van der Waals surface area contributed by atoms with Gasteiger partial charge in [0.05, 0.1) is 0 Å². The lowest BCUT2D eigenvalue weighted by Crippen LogP contribution is -2.46. The predicted octanol–water partition coefficient (Wildman–Crippen LogP) is 2.53. The van der Waals surface area contributed by atoms with Gasteiger partial charge < -0.3 is 10.2 Å². The van der Waals surface area contributed by atoms with E-state index < -0.39 is 0 Å². The summed E-state index contributed by atoms with van der Waals surface area (Å²) in [7, 11) is 0. The Bertz CT molecular complexity index is 456. The first-order valence-electron chi connectivity index (χ1n) is 8.61. The van der Waals surface area contributed by atoms with Crippen LogP contribution in [0.2, 0.25) is 0 Å². The van der Waals surface area contributed by atoms with Gasteiger partial charge >= 0.3 is 0 Å². The number of thiophene rings is 1. The summed E-state index contributed by atoms with van der Waals surface area (Å²) in [6.45, 7) is 8.65. The van der Waals surface area contributed by atoms with E-state index in [0.717, 1.165) is 25.0 Å². The van der Waals surface area contributed by atoms with Gasteiger partial charge in [-0.05, 0) is 43.7 Å². The SMILES string of the molecule is c1cc(CN2CCN(CC3CC3)CC2)sc1CNC1CC1. The molecule has 0 amide bonds. The quantitative estimate of drug-likeness (QED) is 0.835. The number of hydrogen-bond acceptors (Lipinski definition) is 4. The molecule has 116 valence electrons. The van der Waals surface area contributed by atoms with Gasteiger partial charge in [0.25, 0.3) is 0 Å². The number of rotatable bonds is 7. The zero-order valence-corrected chi connectivity index (χ0v) is 13.7. The second-order valence-corrected chi connectivity index (χ2v) is 8.30. The number of nitrogens with zero attached hydrogens (tertiary/aromatic N) is 2. The molecular weight excluding hydrogens is 278 g/mol. The summed E-state index contributed by atoms with van der Waals surface area (Å²) in [5.41, 5.74) is 0. The second-order valence-electron chi connectivity index (χ2n) is 7.04. The van der Waals surface area contributed by atoms with E-state index in [9.17, 15) is 0 Å². The van der Waals surface area contributed by atoms with Crippen molar-refractivity contribution in [1.82, 2.24) is 15.1 Å². The number of nitrogens with one attached hydrogen (secondary N) is 1. The Labute approximate surface area is 132 Å². The maximum absolute atomic E-state index is 3.61. The maximum Gasteiger partial charge on any atom is 0.0329 e. The molecule has 1 aromatic heterocycles. The lowest BCUT2D eigenvalue weighted by molar-refractivity contribution is 0.124. The van der Waals surface area contributed by atoms with Crippen molar-refractivity contribution in [3.05, 3.63) is 21.9 Å². The Morgan fingerprint density at radius 1 is 0.952 bits per heavy atom. The molecule has 1 aromatic rings. The molecule has 0 bridgehead atoms. The van der Waals surface area contributed by atoms with Gasteiger partial charge in [0.2, 0.25) is 0 Å². The van der Waals surface area contributed by atoms with Gasteiger partial charge in [-0.25, -0.2) is 0 Å². The summed E-state index contributed by atoms with van der Waals surface area (Å²) in [4.78, 5) is 8.35. The van der Waals surface area contributed by atoms with E-state index in [-0.39, 0.29) is 0 Å². The first-order valence-corrected chi connectivity index (χ1v) is 9.42. The third-order valence-corrected chi connectivity index (χ3v) is 5.99. The molecule has 2 heterocycles. The molecule has 2 saturated carbocycles. The third-order valence-electron chi connectivity index (χ3n) is 4.92. The second kappa shape index (κ2) is 6.37. The Hall–Kier alpha value is -0.420. The minimum atomic E-state index is 0.815. The monoisotopic (exact) mass is 305 g/mol. The van der Waals surface area contributed by atoms with Gasteiger partial charge in [0.1, 0.15) is 0 Å². The smallest absolute Gasteiger partial charge is 0.0329 e. The van der Waals surface area contributed by atoms with Crippen molar-refractivity contribution in [2.24, 2.45) is 5.92 Å². The van der Waals surface area contributed by atoms with Crippen molar-refractivity contribution < 1.29 is 0 Å². The Kier molecular flexibility index (Phi) is 4.30. The highest BCUT2D eigenvalue weighted by Crippen LogP contribution is 2.30. The topological polar surface area (TPSA) is 18.5 Å². The lowest BCUT2D eigenvalue weighted by Gasteiger charge is -2.34. The first-order chi connectivity index (χ1) is 10.3. The van der Waals surface area contributed by atoms with E-state index >= 15 is 0 Å². The summed E-state index contributed by atoms with van der Waals surface area (Å²) in [5, 5.41) is 3.61. The molecule has 3 fully saturated rings. The van der Waals surface area contributed by atoms with Gasteiger partial charge in [0, 0.05) is 61.6 Å². The van der Waals surface area contributed by atoms with Crippen LogP contribution in [0.3, 0.4) is 0 Å². The molecule has 3 nitrogen and oxygen atoms in total. The zero-order chi connectivity index (χ0) is 14.1. The fourth-order valence-electron chi connectivity index (χ4n) is 3.15. The summed E-state index contributed by atoms with van der Waals surface area (Å²) in [6.07, 6.45) is 5.72. The highest BCUT2D eigenvalue weighted by atomic mass is 32.1. The van der Waals surface area contributed by atoms with E-state index in [1.807, 2.05) is 11.3 Å². The van der Waals surface area contributed by atoms with Crippen molar-refractivity contribution in [3.63, 3.8) is 0 Å². The molecule has 1 aliphatic heterocycles. The third kappa shape index (κ3) is 4.28. The predicted molar refractivity (Wildman–Crippen MR) is 88.6 cm³/mol. The molecule has 4 rings (SSSR count). The molecule has 0 atom stereocenters. The molecule has 4 heteroatoms. The van der Waals surface area contributed by atoms with Crippen LogP contribution >= 0.6 is 11.3 Å². The molecule has 0 spiro atoms. The van der Waals surface area contributed by atoms with Crippen LogP contribution in [0.15, 0.2) is 12.1 Å². The van der Waals surface area contributed by atoms with Crippen molar-refractivity contribution >= 4 is 11.3 Å². The fraction of sp³-hybridized carbons (Fsp3) is 0.765. The number of piperazine rings is 1. The van der Waals surface area contributed by atoms with Crippen molar-refractivity contribution in [2.45, 2.75) is 44.8 Å². The van der Waals surface area contributed by atoms with Crippen LogP contribution in [0.5, 0.6) is 0 Å². The normalized spacial score (nSPS) is 24.6. The van der Waals surface area contributed by atoms with Crippen molar-refractivity contribution in [1.29, 1.82) is 0 Å². The van der Waals surface area contributed by atoms with Crippen LogP contribution in [0, 0.1) is 5.92 Å². The molecule has 0 radical (unpaired) electrons. The van der Waals surface area contributed by atoms with Gasteiger partial charge in [-0.1, -0.05) is 0 Å². The summed E-state index contributed by atoms with van der Waals surface area (Å²) >= 11 is 2.00. The molecule has 3 aliphatic rings. The highest BCUT2D eigenvalue weighted by Gasteiger charge is 2.26. The van der Waals surface area contributed by atoms with Crippen molar-refractivity contribution in [3.8, 4) is 0 Å². The zero-order valence-electron chi connectivity index (χ0n) is 12.9. The van der Waals surface area contributed by atoms with E-state index in [0.29, 0.717) is 0 Å². The summed E-state index contributed by atoms with van der Waals surface area (Å²) in [6, 6.07) is 5.47. The standard InChI is InChI=1S/C17H27N3S/c1-2-14(1)12-19-7-9-20(10-8-19)13-17-6-5-16(21-17)11-18-15-3-4-15/h5-6,14-15,18H,1-4,7-13H2. The largest absolute Gasteiger partial charge is 0.309 e. The minimum Gasteiger partial charge on any atom is -0.309 e. The Morgan fingerprint density at radius 3 is 2.38 bits per heavy atom. The Morgan fingerprint density at radius 2 is 1.67 bits per heavy atom. The van der Waals surface area contributed by atoms with Gasteiger partial charge in [-0.15, -0.1) is 11.3 Å². The van der Waals surface area contributed by atoms with Crippen LogP contribution in [-0.4, -0.2) is 48.6 Å². The van der Waals surface area contributed by atoms with Crippen LogP contribution in [0.1, 0.15) is 35.4 Å². The summed E-state index contributed by atoms with van der Waals surface area (Å²) < 4.78 is 0. The Balaban J connectivity index is 1.20. The van der Waals surface area contributed by atoms with Gasteiger partial charge in [-0.3, -0.25) is 4.90 Å². The van der Waals surface area contributed by atoms with Crippen molar-refractivity contribution in [2.75, 3.05) is 32.7 Å². The molecule has 2 aliphatic carbocycles. The summed E-state index contributed by atoms with van der Waals surface area (Å²) in [5.74, 6) is 1.04. The average molecular weight is 305 g/mol. The van der Waals surface area contributed by atoms with Crippen LogP contribution in [0.25, 0.3) is 0 Å². The van der Waals surface area contributed by atoms with Crippen LogP contribution in [-0.2, 0) is 13.1 Å². The molecular formula is C17H27N3S. The van der Waals surface area contributed by atoms with E-state index in [1.54, 1.807) is 4.88 Å². The first kappa shape index (κ1) is 14.2. The maximum atomic E-state index is 3.61. The van der Waals surface area contributed by atoms with E-state index in [1.165, 1.54) is 63.3 Å². The molecule has 1 N–H and O–H groups in total. The van der Waals surface area contributed by atoms with E-state index in [2.05, 4.69) is 27.2 Å². The number of hydrogen-bond donors (Lipinski definition) is 1. The highest BCUT2D eigenvalue weighted by molar-refractivity contribution is 7.11. The van der Waals surface area contributed by atoms with Gasteiger partial charge in [-0.2, -0.15) is 0 Å². The minimum absolute atomic E-state index is 0.815.